The zero-order valence-electron chi connectivity index (χ0n) is 9.38. The second-order valence-corrected chi connectivity index (χ2v) is 6.40. The average Bonchev–Trinajstić information content (AvgIpc) is 2.82. The number of anilines is 1. The molecule has 0 bridgehead atoms. The van der Waals surface area contributed by atoms with E-state index >= 15 is 0 Å². The molecule has 1 aromatic rings. The van der Waals surface area contributed by atoms with Crippen molar-refractivity contribution >= 4 is 21.6 Å². The van der Waals surface area contributed by atoms with E-state index in [0.29, 0.717) is 6.42 Å². The summed E-state index contributed by atoms with van der Waals surface area (Å²) in [6, 6.07) is -0.276. The molecule has 94 valence electrons. The predicted molar refractivity (Wildman–Crippen MR) is 62.2 cm³/mol. The number of aromatic amines is 1. The molecule has 7 nitrogen and oxygen atoms in total. The van der Waals surface area contributed by atoms with Crippen LogP contribution in [0, 0.1) is 0 Å². The van der Waals surface area contributed by atoms with Crippen molar-refractivity contribution < 1.29 is 13.2 Å². The van der Waals surface area contributed by atoms with Crippen LogP contribution < -0.4 is 5.73 Å². The molecule has 2 heterocycles. The van der Waals surface area contributed by atoms with Gasteiger partial charge in [-0.15, -0.1) is 0 Å². The van der Waals surface area contributed by atoms with Gasteiger partial charge in [0.15, 0.2) is 9.84 Å². The molecule has 3 N–H and O–H groups in total. The summed E-state index contributed by atoms with van der Waals surface area (Å²) < 4.78 is 22.7. The lowest BCUT2D eigenvalue weighted by Crippen LogP contribution is -2.37. The minimum Gasteiger partial charge on any atom is -0.383 e. The topological polar surface area (TPSA) is 109 Å². The number of carbonyl (C=O) groups is 1. The van der Waals surface area contributed by atoms with Gasteiger partial charge in [0.25, 0.3) is 5.91 Å². The fourth-order valence-corrected chi connectivity index (χ4v) is 3.68. The van der Waals surface area contributed by atoms with Crippen molar-refractivity contribution in [1.82, 2.24) is 15.1 Å². The number of carbonyl (C=O) groups excluding carboxylic acids is 1. The lowest BCUT2D eigenvalue weighted by molar-refractivity contribution is 0.0749. The number of sulfone groups is 1. The lowest BCUT2D eigenvalue weighted by atomic mass is 10.2. The quantitative estimate of drug-likeness (QED) is 0.725. The van der Waals surface area contributed by atoms with Gasteiger partial charge in [-0.25, -0.2) is 8.42 Å². The van der Waals surface area contributed by atoms with Crippen LogP contribution in [-0.4, -0.2) is 54.0 Å². The lowest BCUT2D eigenvalue weighted by Gasteiger charge is -2.22. The average molecular weight is 258 g/mol. The van der Waals surface area contributed by atoms with Crippen molar-refractivity contribution in [3.8, 4) is 0 Å². The van der Waals surface area contributed by atoms with E-state index in [4.69, 9.17) is 5.73 Å². The summed E-state index contributed by atoms with van der Waals surface area (Å²) in [6.07, 6.45) is 1.82. The van der Waals surface area contributed by atoms with Crippen molar-refractivity contribution in [2.45, 2.75) is 12.5 Å². The molecule has 1 fully saturated rings. The molecule has 0 radical (unpaired) electrons. The Balaban J connectivity index is 2.14. The van der Waals surface area contributed by atoms with Crippen LogP contribution in [0.1, 0.15) is 16.8 Å². The van der Waals surface area contributed by atoms with Gasteiger partial charge in [-0.2, -0.15) is 5.10 Å². The first-order chi connectivity index (χ1) is 7.91. The van der Waals surface area contributed by atoms with Crippen molar-refractivity contribution in [2.75, 3.05) is 24.3 Å². The number of nitrogen functional groups attached to an aromatic ring is 1. The maximum atomic E-state index is 12.0. The second kappa shape index (κ2) is 4.02. The van der Waals surface area contributed by atoms with Gasteiger partial charge < -0.3 is 10.6 Å². The minimum atomic E-state index is -3.00. The summed E-state index contributed by atoms with van der Waals surface area (Å²) in [4.78, 5) is 13.4. The summed E-state index contributed by atoms with van der Waals surface area (Å²) in [5, 5.41) is 6.14. The van der Waals surface area contributed by atoms with E-state index < -0.39 is 9.84 Å². The molecule has 0 aromatic carbocycles. The molecule has 1 saturated heterocycles. The molecular weight excluding hydrogens is 244 g/mol. The molecule has 1 unspecified atom stereocenters. The molecular formula is C9H14N4O3S. The SMILES string of the molecule is CN(C(=O)c1cn[nH]c1N)C1CCS(=O)(=O)C1. The van der Waals surface area contributed by atoms with Crippen molar-refractivity contribution in [3.63, 3.8) is 0 Å². The van der Waals surface area contributed by atoms with E-state index in [1.165, 1.54) is 11.1 Å². The number of aromatic nitrogens is 2. The zero-order valence-corrected chi connectivity index (χ0v) is 10.2. The summed E-state index contributed by atoms with van der Waals surface area (Å²) >= 11 is 0. The molecule has 1 aliphatic heterocycles. The van der Waals surface area contributed by atoms with Crippen LogP contribution in [0.25, 0.3) is 0 Å². The number of rotatable bonds is 2. The minimum absolute atomic E-state index is 0.0208. The molecule has 0 aliphatic carbocycles. The summed E-state index contributed by atoms with van der Waals surface area (Å²) in [6.45, 7) is 0. The largest absolute Gasteiger partial charge is 0.383 e. The van der Waals surface area contributed by atoms with Crippen LogP contribution in [0.4, 0.5) is 5.82 Å². The van der Waals surface area contributed by atoms with E-state index in [2.05, 4.69) is 10.2 Å². The standard InChI is InChI=1S/C9H14N4O3S/c1-13(6-2-3-17(15,16)5-6)9(14)7-4-11-12-8(7)10/h4,6H,2-3,5H2,1H3,(H3,10,11,12). The summed E-state index contributed by atoms with van der Waals surface area (Å²) in [7, 11) is -1.42. The Hall–Kier alpha value is -1.57. The Kier molecular flexibility index (Phi) is 2.82. The van der Waals surface area contributed by atoms with Crippen LogP contribution >= 0.6 is 0 Å². The monoisotopic (exact) mass is 258 g/mol. The Labute approximate surface area is 98.9 Å². The van der Waals surface area contributed by atoms with Crippen LogP contribution in [0.15, 0.2) is 6.20 Å². The zero-order chi connectivity index (χ0) is 12.6. The van der Waals surface area contributed by atoms with Gasteiger partial charge in [0.1, 0.15) is 11.4 Å². The fraction of sp³-hybridized carbons (Fsp3) is 0.556. The van der Waals surface area contributed by atoms with Gasteiger partial charge >= 0.3 is 0 Å². The van der Waals surface area contributed by atoms with Gasteiger partial charge in [0, 0.05) is 13.1 Å². The first-order valence-electron chi connectivity index (χ1n) is 5.17. The first kappa shape index (κ1) is 11.9. The van der Waals surface area contributed by atoms with E-state index in [-0.39, 0.29) is 34.8 Å². The van der Waals surface area contributed by atoms with Crippen LogP contribution in [0.2, 0.25) is 0 Å². The maximum absolute atomic E-state index is 12.0. The van der Waals surface area contributed by atoms with Crippen molar-refractivity contribution in [1.29, 1.82) is 0 Å². The Morgan fingerprint density at radius 3 is 2.82 bits per heavy atom. The van der Waals surface area contributed by atoms with Crippen LogP contribution in [-0.2, 0) is 9.84 Å². The van der Waals surface area contributed by atoms with Gasteiger partial charge in [-0.3, -0.25) is 9.89 Å². The third-order valence-corrected chi connectivity index (χ3v) is 4.73. The molecule has 1 aromatic heterocycles. The van der Waals surface area contributed by atoms with Crippen molar-refractivity contribution in [3.05, 3.63) is 11.8 Å². The Morgan fingerprint density at radius 2 is 2.35 bits per heavy atom. The van der Waals surface area contributed by atoms with Crippen LogP contribution in [0.3, 0.4) is 0 Å². The van der Waals surface area contributed by atoms with E-state index in [1.54, 1.807) is 7.05 Å². The van der Waals surface area contributed by atoms with Crippen molar-refractivity contribution in [2.24, 2.45) is 0 Å². The highest BCUT2D eigenvalue weighted by molar-refractivity contribution is 7.91. The molecule has 17 heavy (non-hydrogen) atoms. The number of H-pyrrole nitrogens is 1. The first-order valence-corrected chi connectivity index (χ1v) is 6.99. The molecule has 0 spiro atoms. The van der Waals surface area contributed by atoms with Gasteiger partial charge in [0.2, 0.25) is 0 Å². The third kappa shape index (κ3) is 2.26. The third-order valence-electron chi connectivity index (χ3n) is 2.98. The smallest absolute Gasteiger partial charge is 0.259 e. The van der Waals surface area contributed by atoms with E-state index in [1.807, 2.05) is 0 Å². The van der Waals surface area contributed by atoms with Gasteiger partial charge in [-0.1, -0.05) is 0 Å². The number of amides is 1. The highest BCUT2D eigenvalue weighted by Gasteiger charge is 2.33. The van der Waals surface area contributed by atoms with E-state index in [9.17, 15) is 13.2 Å². The predicted octanol–water partition coefficient (Wildman–Crippen LogP) is -0.749. The Bertz CT molecular complexity index is 536. The fourth-order valence-electron chi connectivity index (χ4n) is 1.90. The molecule has 1 aliphatic rings. The van der Waals surface area contributed by atoms with Gasteiger partial charge in [0.05, 0.1) is 17.7 Å². The molecule has 8 heteroatoms. The normalized spacial score (nSPS) is 22.5. The highest BCUT2D eigenvalue weighted by Crippen LogP contribution is 2.19. The molecule has 1 amide bonds. The number of nitrogens with zero attached hydrogens (tertiary/aromatic N) is 2. The summed E-state index contributed by atoms with van der Waals surface area (Å²) in [5.41, 5.74) is 5.82. The molecule has 1 atom stereocenters. The van der Waals surface area contributed by atoms with Gasteiger partial charge in [-0.05, 0) is 6.42 Å². The molecule has 2 rings (SSSR count). The summed E-state index contributed by atoms with van der Waals surface area (Å²) in [5.74, 6) is 0.0458. The highest BCUT2D eigenvalue weighted by atomic mass is 32.2. The van der Waals surface area contributed by atoms with E-state index in [0.717, 1.165) is 0 Å². The number of nitrogens with one attached hydrogen (secondary N) is 1. The number of hydrogen-bond donors (Lipinski definition) is 2. The molecule has 0 saturated carbocycles. The number of nitrogens with two attached hydrogens (primary N) is 1. The van der Waals surface area contributed by atoms with Crippen LogP contribution in [0.5, 0.6) is 0 Å². The second-order valence-electron chi connectivity index (χ2n) is 4.17. The Morgan fingerprint density at radius 1 is 1.65 bits per heavy atom. The number of hydrogen-bond acceptors (Lipinski definition) is 5. The maximum Gasteiger partial charge on any atom is 0.259 e.